The number of nitrogens with two attached hydrogens (primary N) is 1. The number of esters is 1. The van der Waals surface area contributed by atoms with Gasteiger partial charge in [0.25, 0.3) is 5.91 Å². The summed E-state index contributed by atoms with van der Waals surface area (Å²) in [6.07, 6.45) is -0.897. The molecule has 1 aromatic rings. The maximum absolute atomic E-state index is 12.2. The molecule has 0 radical (unpaired) electrons. The Balaban J connectivity index is 2.03. The number of halogens is 1. The van der Waals surface area contributed by atoms with Gasteiger partial charge >= 0.3 is 5.97 Å². The van der Waals surface area contributed by atoms with Gasteiger partial charge in [0.05, 0.1) is 18.2 Å². The molecule has 1 heterocycles. The quantitative estimate of drug-likeness (QED) is 0.672. The fourth-order valence-corrected chi connectivity index (χ4v) is 2.33. The first kappa shape index (κ1) is 15.6. The third kappa shape index (κ3) is 3.65. The molecule has 1 aliphatic heterocycles. The summed E-state index contributed by atoms with van der Waals surface area (Å²) in [6.45, 7) is 3.50. The molecule has 0 saturated carbocycles. The van der Waals surface area contributed by atoms with Crippen LogP contribution < -0.4 is 5.73 Å². The van der Waals surface area contributed by atoms with Gasteiger partial charge in [0.2, 0.25) is 0 Å². The Bertz CT molecular complexity index is 524. The lowest BCUT2D eigenvalue weighted by Gasteiger charge is -2.29. The Morgan fingerprint density at radius 3 is 2.67 bits per heavy atom. The van der Waals surface area contributed by atoms with E-state index in [-0.39, 0.29) is 22.2 Å². The molecule has 0 bridgehead atoms. The van der Waals surface area contributed by atoms with Crippen molar-refractivity contribution in [3.63, 3.8) is 0 Å². The van der Waals surface area contributed by atoms with E-state index in [1.165, 1.54) is 6.92 Å². The van der Waals surface area contributed by atoms with E-state index in [0.717, 1.165) is 0 Å². The number of morpholine rings is 1. The first-order valence-corrected chi connectivity index (χ1v) is 7.00. The molecule has 2 N–H and O–H groups in total. The molecule has 1 unspecified atom stereocenters. The number of carbonyl (C=O) groups excluding carboxylic acids is 2. The van der Waals surface area contributed by atoms with Crippen LogP contribution in [0.3, 0.4) is 0 Å². The number of nitrogen functional groups attached to an aromatic ring is 1. The first-order chi connectivity index (χ1) is 10.0. The number of amides is 1. The molecule has 0 spiro atoms. The summed E-state index contributed by atoms with van der Waals surface area (Å²) < 4.78 is 10.4. The van der Waals surface area contributed by atoms with E-state index in [2.05, 4.69) is 0 Å². The van der Waals surface area contributed by atoms with Gasteiger partial charge in [-0.15, -0.1) is 0 Å². The first-order valence-electron chi connectivity index (χ1n) is 6.62. The number of ether oxygens (including phenoxy) is 2. The standard InChI is InChI=1S/C14H17ClN2O4/c1-9(13(18)17-5-7-20-8-6-17)21-14(19)12-10(15)3-2-4-11(12)16/h2-4,9H,5-8,16H2,1H3. The second kappa shape index (κ2) is 6.78. The number of rotatable bonds is 3. The molecule has 7 heteroatoms. The van der Waals surface area contributed by atoms with Crippen LogP contribution in [0.1, 0.15) is 17.3 Å². The van der Waals surface area contributed by atoms with Gasteiger partial charge in [0.1, 0.15) is 5.56 Å². The van der Waals surface area contributed by atoms with Crippen molar-refractivity contribution in [2.45, 2.75) is 13.0 Å². The van der Waals surface area contributed by atoms with Crippen LogP contribution in [0.25, 0.3) is 0 Å². The minimum atomic E-state index is -0.897. The summed E-state index contributed by atoms with van der Waals surface area (Å²) >= 11 is 5.94. The lowest BCUT2D eigenvalue weighted by Crippen LogP contribution is -2.46. The number of hydrogen-bond acceptors (Lipinski definition) is 5. The van der Waals surface area contributed by atoms with Gasteiger partial charge in [-0.3, -0.25) is 4.79 Å². The van der Waals surface area contributed by atoms with Crippen molar-refractivity contribution >= 4 is 29.2 Å². The van der Waals surface area contributed by atoms with Gasteiger partial charge in [0, 0.05) is 18.8 Å². The topological polar surface area (TPSA) is 81.9 Å². The van der Waals surface area contributed by atoms with E-state index in [0.29, 0.717) is 26.3 Å². The highest BCUT2D eigenvalue weighted by Crippen LogP contribution is 2.23. The Morgan fingerprint density at radius 2 is 2.05 bits per heavy atom. The molecule has 1 fully saturated rings. The van der Waals surface area contributed by atoms with E-state index in [1.54, 1.807) is 23.1 Å². The second-order valence-corrected chi connectivity index (χ2v) is 5.10. The number of nitrogens with zero attached hydrogens (tertiary/aromatic N) is 1. The molecule has 114 valence electrons. The summed E-state index contributed by atoms with van der Waals surface area (Å²) in [5, 5.41) is 0.200. The van der Waals surface area contributed by atoms with Crippen molar-refractivity contribution in [3.8, 4) is 0 Å². The second-order valence-electron chi connectivity index (χ2n) is 4.69. The molecule has 1 saturated heterocycles. The molecule has 1 aromatic carbocycles. The largest absolute Gasteiger partial charge is 0.449 e. The molecule has 2 rings (SSSR count). The number of benzene rings is 1. The van der Waals surface area contributed by atoms with Crippen LogP contribution in [0.4, 0.5) is 5.69 Å². The van der Waals surface area contributed by atoms with Gasteiger partial charge < -0.3 is 20.1 Å². The Labute approximate surface area is 127 Å². The minimum Gasteiger partial charge on any atom is -0.449 e. The molecule has 1 atom stereocenters. The van der Waals surface area contributed by atoms with E-state index >= 15 is 0 Å². The van der Waals surface area contributed by atoms with Gasteiger partial charge in [-0.1, -0.05) is 17.7 Å². The van der Waals surface area contributed by atoms with E-state index in [4.69, 9.17) is 26.8 Å². The summed E-state index contributed by atoms with van der Waals surface area (Å²) in [7, 11) is 0. The molecule has 21 heavy (non-hydrogen) atoms. The van der Waals surface area contributed by atoms with Crippen molar-refractivity contribution in [1.29, 1.82) is 0 Å². The molecule has 6 nitrogen and oxygen atoms in total. The third-order valence-corrected chi connectivity index (χ3v) is 3.52. The SMILES string of the molecule is CC(OC(=O)c1c(N)cccc1Cl)C(=O)N1CCOCC1. The van der Waals surface area contributed by atoms with Gasteiger partial charge in [-0.2, -0.15) is 0 Å². The normalized spacial score (nSPS) is 16.4. The van der Waals surface area contributed by atoms with Gasteiger partial charge in [0.15, 0.2) is 6.10 Å². The van der Waals surface area contributed by atoms with Crippen molar-refractivity contribution < 1.29 is 19.1 Å². The Kier molecular flexibility index (Phi) is 5.03. The van der Waals surface area contributed by atoms with Crippen LogP contribution in [0.15, 0.2) is 18.2 Å². The van der Waals surface area contributed by atoms with Crippen molar-refractivity contribution in [2.24, 2.45) is 0 Å². The molecule has 0 aliphatic carbocycles. The fraction of sp³-hybridized carbons (Fsp3) is 0.429. The van der Waals surface area contributed by atoms with Crippen molar-refractivity contribution in [1.82, 2.24) is 4.90 Å². The van der Waals surface area contributed by atoms with Crippen LogP contribution >= 0.6 is 11.6 Å². The minimum absolute atomic E-state index is 0.0841. The highest BCUT2D eigenvalue weighted by atomic mass is 35.5. The highest BCUT2D eigenvalue weighted by molar-refractivity contribution is 6.34. The van der Waals surface area contributed by atoms with E-state index in [1.807, 2.05) is 0 Å². The van der Waals surface area contributed by atoms with Crippen LogP contribution in [0, 0.1) is 0 Å². The average Bonchev–Trinajstić information content (AvgIpc) is 2.47. The summed E-state index contributed by atoms with van der Waals surface area (Å²) in [6, 6.07) is 4.73. The maximum Gasteiger partial charge on any atom is 0.342 e. The molecular weight excluding hydrogens is 296 g/mol. The summed E-state index contributed by atoms with van der Waals surface area (Å²) in [5.41, 5.74) is 6.02. The monoisotopic (exact) mass is 312 g/mol. The Hall–Kier alpha value is -1.79. The smallest absolute Gasteiger partial charge is 0.342 e. The summed E-state index contributed by atoms with van der Waals surface area (Å²) in [5.74, 6) is -0.954. The number of anilines is 1. The zero-order chi connectivity index (χ0) is 15.4. The maximum atomic E-state index is 12.2. The lowest BCUT2D eigenvalue weighted by atomic mass is 10.2. The number of hydrogen-bond donors (Lipinski definition) is 1. The van der Waals surface area contributed by atoms with Crippen molar-refractivity contribution in [2.75, 3.05) is 32.0 Å². The Morgan fingerprint density at radius 1 is 1.38 bits per heavy atom. The number of carbonyl (C=O) groups is 2. The zero-order valence-corrected chi connectivity index (χ0v) is 12.4. The average molecular weight is 313 g/mol. The highest BCUT2D eigenvalue weighted by Gasteiger charge is 2.27. The molecule has 1 amide bonds. The molecule has 1 aliphatic rings. The fourth-order valence-electron chi connectivity index (χ4n) is 2.07. The lowest BCUT2D eigenvalue weighted by molar-refractivity contribution is -0.143. The van der Waals surface area contributed by atoms with Gasteiger partial charge in [-0.05, 0) is 19.1 Å². The van der Waals surface area contributed by atoms with Crippen LogP contribution in [0.5, 0.6) is 0 Å². The van der Waals surface area contributed by atoms with E-state index in [9.17, 15) is 9.59 Å². The third-order valence-electron chi connectivity index (χ3n) is 3.20. The molecule has 0 aromatic heterocycles. The van der Waals surface area contributed by atoms with Crippen LogP contribution in [0.2, 0.25) is 5.02 Å². The predicted octanol–water partition coefficient (Wildman–Crippen LogP) is 1.33. The van der Waals surface area contributed by atoms with E-state index < -0.39 is 12.1 Å². The molecular formula is C14H17ClN2O4. The predicted molar refractivity (Wildman–Crippen MR) is 78.1 cm³/mol. The van der Waals surface area contributed by atoms with Gasteiger partial charge in [-0.25, -0.2) is 4.79 Å². The summed E-state index contributed by atoms with van der Waals surface area (Å²) in [4.78, 5) is 25.9. The van der Waals surface area contributed by atoms with Crippen LogP contribution in [-0.4, -0.2) is 49.2 Å². The zero-order valence-electron chi connectivity index (χ0n) is 11.7. The van der Waals surface area contributed by atoms with Crippen molar-refractivity contribution in [3.05, 3.63) is 28.8 Å². The van der Waals surface area contributed by atoms with Crippen LogP contribution in [-0.2, 0) is 14.3 Å².